The first-order valence-electron chi connectivity index (χ1n) is 10.0. The van der Waals surface area contributed by atoms with E-state index in [1.165, 1.54) is 32.4 Å². The van der Waals surface area contributed by atoms with E-state index in [0.717, 1.165) is 5.56 Å². The van der Waals surface area contributed by atoms with Gasteiger partial charge in [0.15, 0.2) is 0 Å². The van der Waals surface area contributed by atoms with Gasteiger partial charge in [0, 0.05) is 17.7 Å². The molecule has 1 saturated heterocycles. The molecule has 3 N–H and O–H groups in total. The fourth-order valence-corrected chi connectivity index (χ4v) is 4.70. The second-order valence-electron chi connectivity index (χ2n) is 7.42. The van der Waals surface area contributed by atoms with Crippen molar-refractivity contribution in [3.8, 4) is 5.75 Å². The van der Waals surface area contributed by atoms with E-state index < -0.39 is 21.3 Å². The van der Waals surface area contributed by atoms with Gasteiger partial charge >= 0.3 is 0 Å². The topological polar surface area (TPSA) is 131 Å². The Kier molecular flexibility index (Phi) is 6.65. The lowest BCUT2D eigenvalue weighted by atomic mass is 9.72. The Hall–Kier alpha value is -3.24. The van der Waals surface area contributed by atoms with Crippen molar-refractivity contribution in [1.29, 1.82) is 0 Å². The number of amides is 3. The van der Waals surface area contributed by atoms with Gasteiger partial charge in [-0.25, -0.2) is 13.1 Å². The highest BCUT2D eigenvalue weighted by Crippen LogP contribution is 2.36. The second-order valence-corrected chi connectivity index (χ2v) is 9.27. The van der Waals surface area contributed by atoms with Gasteiger partial charge in [-0.1, -0.05) is 19.1 Å². The van der Waals surface area contributed by atoms with Crippen LogP contribution in [0.4, 0.5) is 5.69 Å². The zero-order chi connectivity index (χ0) is 23.5. The number of imide groups is 1. The maximum absolute atomic E-state index is 12.7. The normalized spacial score (nSPS) is 18.7. The van der Waals surface area contributed by atoms with Gasteiger partial charge in [-0.3, -0.25) is 19.7 Å². The molecular formula is C22H25N3O6S. The zero-order valence-electron chi connectivity index (χ0n) is 18.0. The molecule has 0 radical (unpaired) electrons. The Labute approximate surface area is 186 Å². The highest BCUT2D eigenvalue weighted by molar-refractivity contribution is 7.89. The van der Waals surface area contributed by atoms with Crippen molar-refractivity contribution in [1.82, 2.24) is 10.0 Å². The number of sulfonamides is 1. The summed E-state index contributed by atoms with van der Waals surface area (Å²) in [5, 5.41) is 5.13. The van der Waals surface area contributed by atoms with E-state index in [0.29, 0.717) is 18.5 Å². The average Bonchev–Trinajstić information content (AvgIpc) is 2.79. The summed E-state index contributed by atoms with van der Waals surface area (Å²) in [6.45, 7) is 1.89. The fraction of sp³-hybridized carbons (Fsp3) is 0.318. The molecule has 170 valence electrons. The lowest BCUT2D eigenvalue weighted by Gasteiger charge is -2.35. The third kappa shape index (κ3) is 4.37. The summed E-state index contributed by atoms with van der Waals surface area (Å²) in [5.74, 6) is -0.972. The van der Waals surface area contributed by atoms with Crippen LogP contribution >= 0.6 is 0 Å². The van der Waals surface area contributed by atoms with E-state index in [2.05, 4.69) is 15.4 Å². The highest BCUT2D eigenvalue weighted by Gasteiger charge is 2.42. The van der Waals surface area contributed by atoms with Crippen molar-refractivity contribution in [2.24, 2.45) is 0 Å². The van der Waals surface area contributed by atoms with Crippen LogP contribution in [0.1, 0.15) is 42.1 Å². The molecule has 2 aromatic carbocycles. The lowest BCUT2D eigenvalue weighted by molar-refractivity contribution is -0.138. The molecule has 1 atom stereocenters. The minimum absolute atomic E-state index is 0.120. The molecular weight excluding hydrogens is 434 g/mol. The van der Waals surface area contributed by atoms with Crippen LogP contribution in [0.15, 0.2) is 47.4 Å². The molecule has 0 aliphatic carbocycles. The zero-order valence-corrected chi connectivity index (χ0v) is 18.8. The lowest BCUT2D eigenvalue weighted by Crippen LogP contribution is -2.51. The minimum atomic E-state index is -3.82. The molecule has 1 unspecified atom stereocenters. The number of carbonyl (C=O) groups is 3. The molecule has 32 heavy (non-hydrogen) atoms. The number of hydrogen-bond donors (Lipinski definition) is 3. The molecule has 1 fully saturated rings. The Morgan fingerprint density at radius 1 is 1.16 bits per heavy atom. The summed E-state index contributed by atoms with van der Waals surface area (Å²) in [5.41, 5.74) is 0.586. The number of ether oxygens (including phenoxy) is 1. The van der Waals surface area contributed by atoms with Crippen LogP contribution in [0.5, 0.6) is 5.75 Å². The number of rotatable bonds is 7. The van der Waals surface area contributed by atoms with Crippen molar-refractivity contribution in [3.05, 3.63) is 53.6 Å². The van der Waals surface area contributed by atoms with Crippen molar-refractivity contribution >= 4 is 33.4 Å². The Morgan fingerprint density at radius 2 is 1.84 bits per heavy atom. The van der Waals surface area contributed by atoms with E-state index >= 15 is 0 Å². The minimum Gasteiger partial charge on any atom is -0.495 e. The van der Waals surface area contributed by atoms with Crippen molar-refractivity contribution in [2.45, 2.75) is 36.5 Å². The van der Waals surface area contributed by atoms with Gasteiger partial charge in [-0.05, 0) is 55.8 Å². The van der Waals surface area contributed by atoms with Gasteiger partial charge in [0.1, 0.15) is 10.6 Å². The van der Waals surface area contributed by atoms with E-state index in [9.17, 15) is 22.8 Å². The molecule has 1 heterocycles. The second kappa shape index (κ2) is 9.09. The fourth-order valence-electron chi connectivity index (χ4n) is 3.78. The highest BCUT2D eigenvalue weighted by atomic mass is 32.2. The van der Waals surface area contributed by atoms with E-state index in [-0.39, 0.29) is 34.4 Å². The average molecular weight is 460 g/mol. The maximum atomic E-state index is 12.7. The molecule has 0 spiro atoms. The quantitative estimate of drug-likeness (QED) is 0.543. The first kappa shape index (κ1) is 23.4. The van der Waals surface area contributed by atoms with Gasteiger partial charge < -0.3 is 10.1 Å². The number of anilines is 1. The van der Waals surface area contributed by atoms with E-state index in [4.69, 9.17) is 4.74 Å². The summed E-state index contributed by atoms with van der Waals surface area (Å²) in [7, 11) is -1.21. The molecule has 0 aromatic heterocycles. The summed E-state index contributed by atoms with van der Waals surface area (Å²) in [6, 6.07) is 11.0. The van der Waals surface area contributed by atoms with Crippen molar-refractivity contribution < 1.29 is 27.5 Å². The summed E-state index contributed by atoms with van der Waals surface area (Å²) in [4.78, 5) is 36.6. The summed E-state index contributed by atoms with van der Waals surface area (Å²) >= 11 is 0. The number of benzene rings is 2. The predicted molar refractivity (Wildman–Crippen MR) is 118 cm³/mol. The van der Waals surface area contributed by atoms with Crippen molar-refractivity contribution in [2.75, 3.05) is 19.5 Å². The smallest absolute Gasteiger partial charge is 0.255 e. The molecule has 2 aromatic rings. The van der Waals surface area contributed by atoms with Gasteiger partial charge in [-0.15, -0.1) is 0 Å². The summed E-state index contributed by atoms with van der Waals surface area (Å²) in [6.07, 6.45) is 1.23. The first-order chi connectivity index (χ1) is 15.2. The Morgan fingerprint density at radius 3 is 2.41 bits per heavy atom. The molecule has 0 bridgehead atoms. The molecule has 3 rings (SSSR count). The Balaban J connectivity index is 1.83. The van der Waals surface area contributed by atoms with Crippen LogP contribution in [0.3, 0.4) is 0 Å². The third-order valence-corrected chi connectivity index (χ3v) is 7.18. The number of carbonyl (C=O) groups excluding carboxylic acids is 3. The monoisotopic (exact) mass is 459 g/mol. The van der Waals surface area contributed by atoms with Gasteiger partial charge in [0.2, 0.25) is 21.8 Å². The van der Waals surface area contributed by atoms with Crippen LogP contribution < -0.4 is 20.1 Å². The molecule has 1 aliphatic heterocycles. The van der Waals surface area contributed by atoms with Crippen LogP contribution in [-0.2, 0) is 25.0 Å². The molecule has 3 amide bonds. The molecule has 10 heteroatoms. The van der Waals surface area contributed by atoms with E-state index in [1.54, 1.807) is 24.3 Å². The SMILES string of the molecule is CCC1(c2ccc(NC(=O)c3ccc(OC)c(S(=O)(=O)NC)c3)cc2)CCC(=O)NC1=O. The molecule has 0 saturated carbocycles. The number of methoxy groups -OCH3 is 1. The van der Waals surface area contributed by atoms with Crippen molar-refractivity contribution in [3.63, 3.8) is 0 Å². The van der Waals surface area contributed by atoms with Gasteiger partial charge in [-0.2, -0.15) is 0 Å². The van der Waals surface area contributed by atoms with Gasteiger partial charge in [0.25, 0.3) is 5.91 Å². The number of nitrogens with one attached hydrogen (secondary N) is 3. The predicted octanol–water partition coefficient (Wildman–Crippen LogP) is 1.94. The van der Waals surface area contributed by atoms with Crippen LogP contribution in [-0.4, -0.2) is 40.3 Å². The summed E-state index contributed by atoms with van der Waals surface area (Å²) < 4.78 is 31.8. The maximum Gasteiger partial charge on any atom is 0.255 e. The van der Waals surface area contributed by atoms with Crippen LogP contribution in [0.25, 0.3) is 0 Å². The third-order valence-electron chi connectivity index (χ3n) is 5.75. The first-order valence-corrected chi connectivity index (χ1v) is 11.5. The van der Waals surface area contributed by atoms with E-state index in [1.807, 2.05) is 6.92 Å². The van der Waals surface area contributed by atoms with Crippen LogP contribution in [0, 0.1) is 0 Å². The van der Waals surface area contributed by atoms with Crippen LogP contribution in [0.2, 0.25) is 0 Å². The largest absolute Gasteiger partial charge is 0.495 e. The molecule has 1 aliphatic rings. The molecule has 9 nitrogen and oxygen atoms in total. The van der Waals surface area contributed by atoms with Gasteiger partial charge in [0.05, 0.1) is 12.5 Å². The standard InChI is InChI=1S/C22H25N3O6S/c1-4-22(12-11-19(26)25-21(22)28)15-6-8-16(9-7-15)24-20(27)14-5-10-17(31-3)18(13-14)32(29,30)23-2/h5-10,13,23H,4,11-12H2,1-3H3,(H,24,27)(H,25,26,28). The number of hydrogen-bond acceptors (Lipinski definition) is 6. The number of piperidine rings is 1. The Bertz CT molecular complexity index is 1160.